The maximum absolute atomic E-state index is 11.5. The molecule has 1 fully saturated rings. The summed E-state index contributed by atoms with van der Waals surface area (Å²) in [6.45, 7) is 6.25. The Bertz CT molecular complexity index is 208. The van der Waals surface area contributed by atoms with Crippen LogP contribution in [0.1, 0.15) is 20.8 Å². The largest absolute Gasteiger partial charge is 0.389 e. The maximum atomic E-state index is 11.5. The zero-order valence-electron chi connectivity index (χ0n) is 8.86. The van der Waals surface area contributed by atoms with Gasteiger partial charge in [-0.2, -0.15) is 5.06 Å². The Labute approximate surface area is 84.0 Å². The van der Waals surface area contributed by atoms with E-state index in [9.17, 15) is 9.90 Å². The lowest BCUT2D eigenvalue weighted by atomic mass is 10.2. The fourth-order valence-corrected chi connectivity index (χ4v) is 1.30. The molecule has 5 heteroatoms. The number of amides is 1. The predicted molar refractivity (Wildman–Crippen MR) is 51.4 cm³/mol. The second-order valence-corrected chi connectivity index (χ2v) is 3.89. The Morgan fingerprint density at radius 1 is 1.57 bits per heavy atom. The van der Waals surface area contributed by atoms with Crippen molar-refractivity contribution in [2.24, 2.45) is 0 Å². The van der Waals surface area contributed by atoms with E-state index in [-0.39, 0.29) is 24.6 Å². The van der Waals surface area contributed by atoms with E-state index in [1.807, 2.05) is 13.8 Å². The molecule has 0 bridgehead atoms. The van der Waals surface area contributed by atoms with Crippen LogP contribution in [0.4, 0.5) is 0 Å². The molecule has 2 N–H and O–H groups in total. The Morgan fingerprint density at radius 2 is 2.21 bits per heavy atom. The summed E-state index contributed by atoms with van der Waals surface area (Å²) in [5.41, 5.74) is 0. The molecule has 5 nitrogen and oxygen atoms in total. The highest BCUT2D eigenvalue weighted by Crippen LogP contribution is 2.10. The molecule has 0 aromatic carbocycles. The molecule has 1 aliphatic heterocycles. The van der Waals surface area contributed by atoms with Gasteiger partial charge in [-0.1, -0.05) is 0 Å². The Hall–Kier alpha value is -0.650. The van der Waals surface area contributed by atoms with E-state index < -0.39 is 6.10 Å². The highest BCUT2D eigenvalue weighted by atomic mass is 16.7. The van der Waals surface area contributed by atoms with Gasteiger partial charge in [0.2, 0.25) is 5.91 Å². The van der Waals surface area contributed by atoms with Crippen molar-refractivity contribution in [1.29, 1.82) is 0 Å². The molecule has 1 heterocycles. The SMILES string of the molecule is CC(C)NC(=O)C(C)N1C[C@H](O)CO1. The molecule has 82 valence electrons. The zero-order valence-corrected chi connectivity index (χ0v) is 8.86. The summed E-state index contributed by atoms with van der Waals surface area (Å²) in [6.07, 6.45) is -0.482. The normalized spacial score (nSPS) is 25.4. The Kier molecular flexibility index (Phi) is 3.86. The van der Waals surface area contributed by atoms with Crippen molar-refractivity contribution in [1.82, 2.24) is 10.4 Å². The van der Waals surface area contributed by atoms with Gasteiger partial charge in [-0.05, 0) is 20.8 Å². The van der Waals surface area contributed by atoms with Crippen LogP contribution in [0.15, 0.2) is 0 Å². The number of aliphatic hydroxyl groups is 1. The first-order valence-electron chi connectivity index (χ1n) is 4.88. The first-order valence-corrected chi connectivity index (χ1v) is 4.88. The number of nitrogens with one attached hydrogen (secondary N) is 1. The van der Waals surface area contributed by atoms with Gasteiger partial charge in [0.1, 0.15) is 6.04 Å². The van der Waals surface area contributed by atoms with Gasteiger partial charge in [-0.3, -0.25) is 9.63 Å². The van der Waals surface area contributed by atoms with Crippen LogP contribution in [0.5, 0.6) is 0 Å². The summed E-state index contributed by atoms with van der Waals surface area (Å²) >= 11 is 0. The molecule has 1 amide bonds. The van der Waals surface area contributed by atoms with Gasteiger partial charge in [-0.15, -0.1) is 0 Å². The maximum Gasteiger partial charge on any atom is 0.239 e. The van der Waals surface area contributed by atoms with Crippen LogP contribution in [0.2, 0.25) is 0 Å². The lowest BCUT2D eigenvalue weighted by molar-refractivity contribution is -0.158. The molecule has 0 saturated carbocycles. The molecule has 0 aromatic rings. The molecule has 2 atom stereocenters. The molecule has 1 saturated heterocycles. The second-order valence-electron chi connectivity index (χ2n) is 3.89. The molecule has 0 aromatic heterocycles. The quantitative estimate of drug-likeness (QED) is 0.648. The smallest absolute Gasteiger partial charge is 0.239 e. The van der Waals surface area contributed by atoms with E-state index in [1.165, 1.54) is 5.06 Å². The van der Waals surface area contributed by atoms with Crippen LogP contribution >= 0.6 is 0 Å². The van der Waals surface area contributed by atoms with Crippen molar-refractivity contribution in [2.45, 2.75) is 39.0 Å². The van der Waals surface area contributed by atoms with Gasteiger partial charge in [-0.25, -0.2) is 0 Å². The number of carbonyl (C=O) groups is 1. The lowest BCUT2D eigenvalue weighted by Gasteiger charge is -2.22. The van der Waals surface area contributed by atoms with E-state index in [2.05, 4.69) is 5.32 Å². The van der Waals surface area contributed by atoms with Crippen LogP contribution < -0.4 is 5.32 Å². The van der Waals surface area contributed by atoms with Crippen LogP contribution in [0, 0.1) is 0 Å². The van der Waals surface area contributed by atoms with Gasteiger partial charge in [0, 0.05) is 6.04 Å². The third-order valence-electron chi connectivity index (χ3n) is 2.07. The molecule has 1 aliphatic rings. The Balaban J connectivity index is 2.40. The van der Waals surface area contributed by atoms with Crippen molar-refractivity contribution in [3.8, 4) is 0 Å². The summed E-state index contributed by atoms with van der Waals surface area (Å²) in [6, 6.07) is -0.230. The minimum atomic E-state index is -0.482. The van der Waals surface area contributed by atoms with E-state index in [0.717, 1.165) is 0 Å². The molecule has 0 spiro atoms. The molecule has 14 heavy (non-hydrogen) atoms. The molecule has 0 aliphatic carbocycles. The number of aliphatic hydroxyl groups excluding tert-OH is 1. The van der Waals surface area contributed by atoms with Crippen LogP contribution in [0.25, 0.3) is 0 Å². The predicted octanol–water partition coefficient (Wildman–Crippen LogP) is -0.492. The molecular formula is C9H18N2O3. The number of β-amino-alcohol motifs (C(OH)–C–C–N with tert-alkyl or cyclic N) is 1. The molecule has 1 rings (SSSR count). The first kappa shape index (κ1) is 11.4. The second kappa shape index (κ2) is 4.72. The first-order chi connectivity index (χ1) is 6.50. The monoisotopic (exact) mass is 202 g/mol. The van der Waals surface area contributed by atoms with Gasteiger partial charge >= 0.3 is 0 Å². The summed E-state index contributed by atoms with van der Waals surface area (Å²) in [5.74, 6) is -0.0749. The number of hydrogen-bond donors (Lipinski definition) is 2. The third kappa shape index (κ3) is 2.94. The Morgan fingerprint density at radius 3 is 2.64 bits per heavy atom. The molecular weight excluding hydrogens is 184 g/mol. The van der Waals surface area contributed by atoms with Gasteiger partial charge in [0.15, 0.2) is 0 Å². The van der Waals surface area contributed by atoms with E-state index in [4.69, 9.17) is 4.84 Å². The third-order valence-corrected chi connectivity index (χ3v) is 2.07. The van der Waals surface area contributed by atoms with E-state index >= 15 is 0 Å². The standard InChI is InChI=1S/C9H18N2O3/c1-6(2)10-9(13)7(3)11-4-8(12)5-14-11/h6-8,12H,4-5H2,1-3H3,(H,10,13)/t7?,8-/m0/s1. The van der Waals surface area contributed by atoms with Crippen LogP contribution in [-0.2, 0) is 9.63 Å². The molecule has 0 radical (unpaired) electrons. The number of hydroxylamine groups is 2. The van der Waals surface area contributed by atoms with Crippen molar-refractivity contribution in [3.05, 3.63) is 0 Å². The van der Waals surface area contributed by atoms with Crippen molar-refractivity contribution >= 4 is 5.91 Å². The number of carbonyl (C=O) groups excluding carboxylic acids is 1. The summed E-state index contributed by atoms with van der Waals surface area (Å²) in [7, 11) is 0. The highest BCUT2D eigenvalue weighted by Gasteiger charge is 2.29. The van der Waals surface area contributed by atoms with Crippen molar-refractivity contribution in [2.75, 3.05) is 13.2 Å². The summed E-state index contributed by atoms with van der Waals surface area (Å²) in [5, 5.41) is 13.5. The minimum Gasteiger partial charge on any atom is -0.389 e. The average Bonchev–Trinajstić information content (AvgIpc) is 2.49. The highest BCUT2D eigenvalue weighted by molar-refractivity contribution is 5.81. The minimum absolute atomic E-state index is 0.0749. The van der Waals surface area contributed by atoms with Crippen LogP contribution in [-0.4, -0.2) is 47.4 Å². The number of hydrogen-bond acceptors (Lipinski definition) is 4. The van der Waals surface area contributed by atoms with Crippen LogP contribution in [0.3, 0.4) is 0 Å². The topological polar surface area (TPSA) is 61.8 Å². The fraction of sp³-hybridized carbons (Fsp3) is 0.889. The zero-order chi connectivity index (χ0) is 10.7. The fourth-order valence-electron chi connectivity index (χ4n) is 1.30. The van der Waals surface area contributed by atoms with Crippen molar-refractivity contribution in [3.63, 3.8) is 0 Å². The number of rotatable bonds is 3. The summed E-state index contributed by atoms with van der Waals surface area (Å²) in [4.78, 5) is 16.7. The molecule has 1 unspecified atom stereocenters. The van der Waals surface area contributed by atoms with Gasteiger partial charge < -0.3 is 10.4 Å². The lowest BCUT2D eigenvalue weighted by Crippen LogP contribution is -2.45. The van der Waals surface area contributed by atoms with E-state index in [1.54, 1.807) is 6.92 Å². The van der Waals surface area contributed by atoms with Crippen molar-refractivity contribution < 1.29 is 14.7 Å². The van der Waals surface area contributed by atoms with Gasteiger partial charge in [0.25, 0.3) is 0 Å². The summed E-state index contributed by atoms with van der Waals surface area (Å²) < 4.78 is 0. The average molecular weight is 202 g/mol. The number of nitrogens with zero attached hydrogens (tertiary/aromatic N) is 1. The van der Waals surface area contributed by atoms with Gasteiger partial charge in [0.05, 0.1) is 19.3 Å². The van der Waals surface area contributed by atoms with E-state index in [0.29, 0.717) is 6.54 Å².